The van der Waals surface area contributed by atoms with E-state index in [1.807, 2.05) is 18.2 Å². The van der Waals surface area contributed by atoms with Crippen molar-refractivity contribution >= 4 is 21.9 Å². The first-order valence-electron chi connectivity index (χ1n) is 6.34. The zero-order chi connectivity index (χ0) is 14.0. The van der Waals surface area contributed by atoms with Crippen LogP contribution in [-0.2, 0) is 15.1 Å². The lowest BCUT2D eigenvalue weighted by molar-refractivity contribution is -0.151. The molecule has 2 N–H and O–H groups in total. The lowest BCUT2D eigenvalue weighted by atomic mass is 9.86. The summed E-state index contributed by atoms with van der Waals surface area (Å²) < 4.78 is 11.1. The van der Waals surface area contributed by atoms with Crippen LogP contribution >= 0.6 is 15.9 Å². The third-order valence-electron chi connectivity index (χ3n) is 3.46. The van der Waals surface area contributed by atoms with Crippen molar-refractivity contribution in [2.75, 3.05) is 13.7 Å². The van der Waals surface area contributed by atoms with Gasteiger partial charge in [0, 0.05) is 0 Å². The van der Waals surface area contributed by atoms with Gasteiger partial charge in [-0.05, 0) is 59.3 Å². The van der Waals surface area contributed by atoms with Gasteiger partial charge in [0.2, 0.25) is 0 Å². The number of ether oxygens (including phenoxy) is 2. The Bertz CT molecular complexity index is 488. The predicted molar refractivity (Wildman–Crippen MR) is 75.9 cm³/mol. The number of methoxy groups -OCH3 is 1. The van der Waals surface area contributed by atoms with Crippen molar-refractivity contribution in [3.05, 3.63) is 28.2 Å². The van der Waals surface area contributed by atoms with Gasteiger partial charge in [-0.1, -0.05) is 6.07 Å². The Labute approximate surface area is 121 Å². The Hall–Kier alpha value is -1.07. The standard InChI is InChI=1S/C14H18BrNO3/c1-3-19-13(17)14(16,9-4-5-9)10-6-7-12(18-2)11(15)8-10/h6-9H,3-5,16H2,1-2H3. The van der Waals surface area contributed by atoms with Gasteiger partial charge in [0.1, 0.15) is 11.3 Å². The number of esters is 1. The van der Waals surface area contributed by atoms with Crippen LogP contribution in [0.2, 0.25) is 0 Å². The van der Waals surface area contributed by atoms with Crippen LogP contribution in [0.1, 0.15) is 25.3 Å². The van der Waals surface area contributed by atoms with E-state index < -0.39 is 5.54 Å². The first-order chi connectivity index (χ1) is 9.03. The highest BCUT2D eigenvalue weighted by Gasteiger charge is 2.50. The van der Waals surface area contributed by atoms with Gasteiger partial charge in [0.05, 0.1) is 18.2 Å². The summed E-state index contributed by atoms with van der Waals surface area (Å²) in [5.41, 5.74) is 6.09. The third kappa shape index (κ3) is 2.62. The Morgan fingerprint density at radius 2 is 2.21 bits per heavy atom. The summed E-state index contributed by atoms with van der Waals surface area (Å²) in [6.45, 7) is 2.12. The Kier molecular flexibility index (Phi) is 4.16. The van der Waals surface area contributed by atoms with Crippen LogP contribution < -0.4 is 10.5 Å². The first kappa shape index (κ1) is 14.3. The number of halogens is 1. The molecular formula is C14H18BrNO3. The third-order valence-corrected chi connectivity index (χ3v) is 4.08. The second-order valence-corrected chi connectivity index (χ2v) is 5.57. The highest BCUT2D eigenvalue weighted by atomic mass is 79.9. The molecule has 5 heteroatoms. The predicted octanol–water partition coefficient (Wildman–Crippen LogP) is 2.58. The lowest BCUT2D eigenvalue weighted by Crippen LogP contribution is -2.48. The maximum Gasteiger partial charge on any atom is 0.331 e. The molecule has 1 saturated carbocycles. The smallest absolute Gasteiger partial charge is 0.331 e. The van der Waals surface area contributed by atoms with Crippen molar-refractivity contribution < 1.29 is 14.3 Å². The monoisotopic (exact) mass is 327 g/mol. The lowest BCUT2D eigenvalue weighted by Gasteiger charge is -2.28. The molecule has 0 saturated heterocycles. The topological polar surface area (TPSA) is 61.5 Å². The SMILES string of the molecule is CCOC(=O)C(N)(c1ccc(OC)c(Br)c1)C1CC1. The van der Waals surface area contributed by atoms with Crippen molar-refractivity contribution in [2.45, 2.75) is 25.3 Å². The van der Waals surface area contributed by atoms with Crippen LogP contribution in [0, 0.1) is 5.92 Å². The average molecular weight is 328 g/mol. The van der Waals surface area contributed by atoms with Crippen LogP contribution in [0.3, 0.4) is 0 Å². The van der Waals surface area contributed by atoms with E-state index in [2.05, 4.69) is 15.9 Å². The molecule has 1 aliphatic carbocycles. The summed E-state index contributed by atoms with van der Waals surface area (Å²) in [5.74, 6) is 0.521. The molecule has 1 fully saturated rings. The first-order valence-corrected chi connectivity index (χ1v) is 7.13. The van der Waals surface area contributed by atoms with Gasteiger partial charge < -0.3 is 15.2 Å². The van der Waals surface area contributed by atoms with Gasteiger partial charge in [-0.3, -0.25) is 0 Å². The molecule has 0 aromatic heterocycles. The summed E-state index contributed by atoms with van der Waals surface area (Å²) in [6.07, 6.45) is 1.91. The van der Waals surface area contributed by atoms with Crippen molar-refractivity contribution in [3.8, 4) is 5.75 Å². The van der Waals surface area contributed by atoms with E-state index in [1.165, 1.54) is 0 Å². The molecule has 0 aliphatic heterocycles. The van der Waals surface area contributed by atoms with Gasteiger partial charge >= 0.3 is 5.97 Å². The van der Waals surface area contributed by atoms with E-state index in [4.69, 9.17) is 15.2 Å². The number of carbonyl (C=O) groups is 1. The fourth-order valence-electron chi connectivity index (χ4n) is 2.23. The van der Waals surface area contributed by atoms with Crippen LogP contribution in [0.15, 0.2) is 22.7 Å². The summed E-state index contributed by atoms with van der Waals surface area (Å²) in [4.78, 5) is 12.2. The Balaban J connectivity index is 2.39. The molecule has 1 aromatic carbocycles. The maximum absolute atomic E-state index is 12.2. The molecule has 2 rings (SSSR count). The number of hydrogen-bond acceptors (Lipinski definition) is 4. The van der Waals surface area contributed by atoms with Crippen LogP contribution in [0.4, 0.5) is 0 Å². The van der Waals surface area contributed by atoms with E-state index >= 15 is 0 Å². The van der Waals surface area contributed by atoms with Crippen LogP contribution in [-0.4, -0.2) is 19.7 Å². The average Bonchev–Trinajstić information content (AvgIpc) is 3.22. The summed E-state index contributed by atoms with van der Waals surface area (Å²) in [5, 5.41) is 0. The van der Waals surface area contributed by atoms with Crippen LogP contribution in [0.25, 0.3) is 0 Å². The normalized spacial score (nSPS) is 17.7. The van der Waals surface area contributed by atoms with E-state index in [0.717, 1.165) is 22.9 Å². The quantitative estimate of drug-likeness (QED) is 0.844. The van der Waals surface area contributed by atoms with Gasteiger partial charge in [-0.25, -0.2) is 4.79 Å². The molecule has 104 valence electrons. The minimum Gasteiger partial charge on any atom is -0.496 e. The molecule has 1 unspecified atom stereocenters. The van der Waals surface area contributed by atoms with Crippen molar-refractivity contribution in [3.63, 3.8) is 0 Å². The molecule has 1 atom stereocenters. The van der Waals surface area contributed by atoms with Crippen LogP contribution in [0.5, 0.6) is 5.75 Å². The fourth-order valence-corrected chi connectivity index (χ4v) is 2.77. The van der Waals surface area contributed by atoms with Crippen molar-refractivity contribution in [2.24, 2.45) is 11.7 Å². The summed E-state index contributed by atoms with van der Waals surface area (Å²) >= 11 is 3.42. The molecule has 1 aliphatic rings. The largest absolute Gasteiger partial charge is 0.496 e. The Morgan fingerprint density at radius 1 is 1.53 bits per heavy atom. The second-order valence-electron chi connectivity index (χ2n) is 4.71. The molecule has 0 heterocycles. The zero-order valence-electron chi connectivity index (χ0n) is 11.1. The molecule has 19 heavy (non-hydrogen) atoms. The summed E-state index contributed by atoms with van der Waals surface area (Å²) in [6, 6.07) is 5.48. The van der Waals surface area contributed by atoms with Gasteiger partial charge in [-0.2, -0.15) is 0 Å². The number of carbonyl (C=O) groups excluding carboxylic acids is 1. The molecule has 0 spiro atoms. The van der Waals surface area contributed by atoms with E-state index in [-0.39, 0.29) is 11.9 Å². The second kappa shape index (κ2) is 5.51. The zero-order valence-corrected chi connectivity index (χ0v) is 12.7. The van der Waals surface area contributed by atoms with E-state index in [1.54, 1.807) is 14.0 Å². The number of benzene rings is 1. The van der Waals surface area contributed by atoms with Gasteiger partial charge in [-0.15, -0.1) is 0 Å². The number of nitrogens with two attached hydrogens (primary N) is 1. The van der Waals surface area contributed by atoms with Crippen molar-refractivity contribution in [1.82, 2.24) is 0 Å². The van der Waals surface area contributed by atoms with Crippen molar-refractivity contribution in [1.29, 1.82) is 0 Å². The van der Waals surface area contributed by atoms with E-state index in [0.29, 0.717) is 12.4 Å². The number of hydrogen-bond donors (Lipinski definition) is 1. The fraction of sp³-hybridized carbons (Fsp3) is 0.500. The highest BCUT2D eigenvalue weighted by molar-refractivity contribution is 9.10. The molecular weight excluding hydrogens is 310 g/mol. The maximum atomic E-state index is 12.2. The summed E-state index contributed by atoms with van der Waals surface area (Å²) in [7, 11) is 1.60. The minimum absolute atomic E-state index is 0.159. The minimum atomic E-state index is -1.05. The Morgan fingerprint density at radius 3 is 2.68 bits per heavy atom. The molecule has 0 radical (unpaired) electrons. The van der Waals surface area contributed by atoms with Gasteiger partial charge in [0.25, 0.3) is 0 Å². The van der Waals surface area contributed by atoms with Gasteiger partial charge in [0.15, 0.2) is 0 Å². The molecule has 4 nitrogen and oxygen atoms in total. The molecule has 0 amide bonds. The highest BCUT2D eigenvalue weighted by Crippen LogP contribution is 2.46. The molecule has 0 bridgehead atoms. The van der Waals surface area contributed by atoms with E-state index in [9.17, 15) is 4.79 Å². The molecule has 1 aromatic rings. The number of rotatable bonds is 5.